The van der Waals surface area contributed by atoms with Crippen LogP contribution < -0.4 is 5.32 Å². The summed E-state index contributed by atoms with van der Waals surface area (Å²) in [4.78, 5) is 11.9. The third-order valence-electron chi connectivity index (χ3n) is 3.17. The lowest BCUT2D eigenvalue weighted by Crippen LogP contribution is -2.18. The SMILES string of the molecule is Cc1noc(C)c1CSCC(=O)Nc1ccccc1C(F)(F)F. The van der Waals surface area contributed by atoms with E-state index in [1.807, 2.05) is 0 Å². The molecule has 1 aromatic carbocycles. The van der Waals surface area contributed by atoms with Crippen molar-refractivity contribution in [2.45, 2.75) is 25.8 Å². The first-order chi connectivity index (χ1) is 10.8. The van der Waals surface area contributed by atoms with Gasteiger partial charge in [0.05, 0.1) is 22.7 Å². The quantitative estimate of drug-likeness (QED) is 0.884. The van der Waals surface area contributed by atoms with Crippen molar-refractivity contribution in [3.8, 4) is 0 Å². The molecule has 1 amide bonds. The standard InChI is InChI=1S/C15H15F3N2O2S/c1-9-11(10(2)22-20-9)7-23-8-14(21)19-13-6-4-3-5-12(13)15(16,17)18/h3-6H,7-8H2,1-2H3,(H,19,21). The lowest BCUT2D eigenvalue weighted by atomic mass is 10.1. The van der Waals surface area contributed by atoms with Gasteiger partial charge in [-0.2, -0.15) is 13.2 Å². The zero-order chi connectivity index (χ0) is 17.0. The largest absolute Gasteiger partial charge is 0.418 e. The molecule has 0 radical (unpaired) electrons. The summed E-state index contributed by atoms with van der Waals surface area (Å²) in [5, 5.41) is 6.11. The van der Waals surface area contributed by atoms with E-state index in [4.69, 9.17) is 4.52 Å². The van der Waals surface area contributed by atoms with Crippen LogP contribution in [0.25, 0.3) is 0 Å². The molecule has 2 aromatic rings. The number of amides is 1. The van der Waals surface area contributed by atoms with E-state index in [1.54, 1.807) is 13.8 Å². The van der Waals surface area contributed by atoms with Crippen LogP contribution in [0.4, 0.5) is 18.9 Å². The molecule has 0 saturated heterocycles. The van der Waals surface area contributed by atoms with Crippen molar-refractivity contribution in [3.63, 3.8) is 0 Å². The molecule has 0 fully saturated rings. The van der Waals surface area contributed by atoms with Crippen LogP contribution in [0.2, 0.25) is 0 Å². The topological polar surface area (TPSA) is 55.1 Å². The van der Waals surface area contributed by atoms with Gasteiger partial charge in [0.25, 0.3) is 0 Å². The molecule has 0 spiro atoms. The molecular formula is C15H15F3N2O2S. The van der Waals surface area contributed by atoms with Crippen LogP contribution in [-0.2, 0) is 16.7 Å². The molecule has 0 aliphatic rings. The normalized spacial score (nSPS) is 11.5. The van der Waals surface area contributed by atoms with Gasteiger partial charge in [-0.25, -0.2) is 0 Å². The average Bonchev–Trinajstić information content (AvgIpc) is 2.78. The summed E-state index contributed by atoms with van der Waals surface area (Å²) >= 11 is 1.29. The van der Waals surface area contributed by atoms with Gasteiger partial charge in [-0.1, -0.05) is 17.3 Å². The minimum atomic E-state index is -4.51. The Morgan fingerprint density at radius 3 is 2.61 bits per heavy atom. The zero-order valence-corrected chi connectivity index (χ0v) is 13.3. The minimum absolute atomic E-state index is 0.0379. The van der Waals surface area contributed by atoms with Crippen molar-refractivity contribution >= 4 is 23.4 Å². The first-order valence-electron chi connectivity index (χ1n) is 6.74. The van der Waals surface area contributed by atoms with Crippen molar-refractivity contribution in [2.24, 2.45) is 0 Å². The van der Waals surface area contributed by atoms with Crippen LogP contribution >= 0.6 is 11.8 Å². The number of aryl methyl sites for hydroxylation is 2. The molecule has 124 valence electrons. The summed E-state index contributed by atoms with van der Waals surface area (Å²) in [7, 11) is 0. The highest BCUT2D eigenvalue weighted by Gasteiger charge is 2.33. The molecule has 0 atom stereocenters. The molecule has 0 aliphatic heterocycles. The molecule has 23 heavy (non-hydrogen) atoms. The maximum Gasteiger partial charge on any atom is 0.418 e. The Hall–Kier alpha value is -1.96. The Balaban J connectivity index is 1.93. The smallest absolute Gasteiger partial charge is 0.361 e. The fourth-order valence-corrected chi connectivity index (χ4v) is 2.96. The first kappa shape index (κ1) is 17.4. The number of aromatic nitrogens is 1. The number of anilines is 1. The highest BCUT2D eigenvalue weighted by atomic mass is 32.2. The van der Waals surface area contributed by atoms with Crippen molar-refractivity contribution in [1.29, 1.82) is 0 Å². The van der Waals surface area contributed by atoms with Crippen molar-refractivity contribution in [3.05, 3.63) is 46.8 Å². The molecule has 1 heterocycles. The number of carbonyl (C=O) groups excluding carboxylic acids is 1. The number of nitrogens with one attached hydrogen (secondary N) is 1. The first-order valence-corrected chi connectivity index (χ1v) is 7.90. The number of nitrogens with zero attached hydrogens (tertiary/aromatic N) is 1. The van der Waals surface area contributed by atoms with Gasteiger partial charge in [0, 0.05) is 11.3 Å². The van der Waals surface area contributed by atoms with E-state index in [1.165, 1.54) is 30.0 Å². The predicted molar refractivity (Wildman–Crippen MR) is 82.2 cm³/mol. The number of rotatable bonds is 5. The number of benzene rings is 1. The summed E-state index contributed by atoms with van der Waals surface area (Å²) < 4.78 is 43.6. The molecule has 0 unspecified atom stereocenters. The van der Waals surface area contributed by atoms with E-state index < -0.39 is 17.6 Å². The monoisotopic (exact) mass is 344 g/mol. The fourth-order valence-electron chi connectivity index (χ4n) is 1.98. The Kier molecular flexibility index (Phi) is 5.35. The highest BCUT2D eigenvalue weighted by molar-refractivity contribution is 7.99. The summed E-state index contributed by atoms with van der Waals surface area (Å²) in [6.45, 7) is 3.57. The van der Waals surface area contributed by atoms with E-state index in [0.717, 1.165) is 17.3 Å². The maximum atomic E-state index is 12.9. The number of carbonyl (C=O) groups is 1. The van der Waals surface area contributed by atoms with Gasteiger partial charge in [-0.15, -0.1) is 11.8 Å². The van der Waals surface area contributed by atoms with Crippen molar-refractivity contribution in [1.82, 2.24) is 5.16 Å². The van der Waals surface area contributed by atoms with Crippen molar-refractivity contribution in [2.75, 3.05) is 11.1 Å². The van der Waals surface area contributed by atoms with E-state index in [0.29, 0.717) is 11.5 Å². The maximum absolute atomic E-state index is 12.9. The van der Waals surface area contributed by atoms with Crippen molar-refractivity contribution < 1.29 is 22.5 Å². The van der Waals surface area contributed by atoms with Crippen LogP contribution in [0.3, 0.4) is 0 Å². The van der Waals surface area contributed by atoms with Gasteiger partial charge in [-0.05, 0) is 26.0 Å². The number of para-hydroxylation sites is 1. The van der Waals surface area contributed by atoms with Gasteiger partial charge < -0.3 is 9.84 Å². The van der Waals surface area contributed by atoms with E-state index in [-0.39, 0.29) is 11.4 Å². The van der Waals surface area contributed by atoms with Gasteiger partial charge >= 0.3 is 6.18 Å². The van der Waals surface area contributed by atoms with Crippen LogP contribution in [-0.4, -0.2) is 16.8 Å². The molecule has 0 aliphatic carbocycles. The van der Waals surface area contributed by atoms with Gasteiger partial charge in [0.2, 0.25) is 5.91 Å². The van der Waals surface area contributed by atoms with Crippen LogP contribution in [0.15, 0.2) is 28.8 Å². The van der Waals surface area contributed by atoms with Gasteiger partial charge in [0.15, 0.2) is 0 Å². The second-order valence-electron chi connectivity index (χ2n) is 4.89. The Morgan fingerprint density at radius 2 is 2.00 bits per heavy atom. The summed E-state index contributed by atoms with van der Waals surface area (Å²) in [6, 6.07) is 4.90. The van der Waals surface area contributed by atoms with Crippen LogP contribution in [0.5, 0.6) is 0 Å². The number of hydrogen-bond acceptors (Lipinski definition) is 4. The zero-order valence-electron chi connectivity index (χ0n) is 12.5. The molecule has 0 saturated carbocycles. The molecule has 1 N–H and O–H groups in total. The lowest BCUT2D eigenvalue weighted by molar-refractivity contribution is -0.137. The number of alkyl halides is 3. The van der Waals surface area contributed by atoms with Gasteiger partial charge in [0.1, 0.15) is 5.76 Å². The number of hydrogen-bond donors (Lipinski definition) is 1. The van der Waals surface area contributed by atoms with E-state index in [2.05, 4.69) is 10.5 Å². The molecule has 2 rings (SSSR count). The fraction of sp³-hybridized carbons (Fsp3) is 0.333. The Morgan fingerprint density at radius 1 is 1.30 bits per heavy atom. The van der Waals surface area contributed by atoms with Crippen LogP contribution in [0, 0.1) is 13.8 Å². The second kappa shape index (κ2) is 7.08. The average molecular weight is 344 g/mol. The van der Waals surface area contributed by atoms with E-state index in [9.17, 15) is 18.0 Å². The van der Waals surface area contributed by atoms with Crippen LogP contribution in [0.1, 0.15) is 22.6 Å². The minimum Gasteiger partial charge on any atom is -0.361 e. The summed E-state index contributed by atoms with van der Waals surface area (Å²) in [6.07, 6.45) is -4.51. The summed E-state index contributed by atoms with van der Waals surface area (Å²) in [5.74, 6) is 0.738. The Bertz CT molecular complexity index is 679. The third-order valence-corrected chi connectivity index (χ3v) is 4.13. The lowest BCUT2D eigenvalue weighted by Gasteiger charge is -2.13. The number of halogens is 3. The molecule has 4 nitrogen and oxygen atoms in total. The third kappa shape index (κ3) is 4.51. The van der Waals surface area contributed by atoms with E-state index >= 15 is 0 Å². The summed E-state index contributed by atoms with van der Waals surface area (Å²) in [5.41, 5.74) is 0.559. The molecule has 1 aromatic heterocycles. The predicted octanol–water partition coefficient (Wildman–Crippen LogP) is 4.18. The number of thioether (sulfide) groups is 1. The highest BCUT2D eigenvalue weighted by Crippen LogP contribution is 2.34. The molecule has 8 heteroatoms. The second-order valence-corrected chi connectivity index (χ2v) is 5.87. The Labute approximate surface area is 135 Å². The van der Waals surface area contributed by atoms with Gasteiger partial charge in [-0.3, -0.25) is 4.79 Å². The molecular weight excluding hydrogens is 329 g/mol. The molecule has 0 bridgehead atoms.